The van der Waals surface area contributed by atoms with E-state index >= 15 is 0 Å². The van der Waals surface area contributed by atoms with Crippen LogP contribution >= 0.6 is 0 Å². The van der Waals surface area contributed by atoms with E-state index in [1.54, 1.807) is 30.3 Å². The first-order chi connectivity index (χ1) is 13.4. The molecule has 0 saturated carbocycles. The van der Waals surface area contributed by atoms with E-state index in [-0.39, 0.29) is 0 Å². The summed E-state index contributed by atoms with van der Waals surface area (Å²) in [4.78, 5) is 9.96. The molecule has 1 aliphatic rings. The number of hydrogen-bond acceptors (Lipinski definition) is 3. The van der Waals surface area contributed by atoms with Gasteiger partial charge in [-0.25, -0.2) is 15.3 Å². The zero-order valence-electron chi connectivity index (χ0n) is 15.0. The van der Waals surface area contributed by atoms with Crippen LogP contribution in [0.5, 0.6) is 0 Å². The van der Waals surface area contributed by atoms with Crippen LogP contribution in [-0.4, -0.2) is 5.84 Å². The Balaban J connectivity index is 1.76. The van der Waals surface area contributed by atoms with E-state index in [0.717, 1.165) is 23.3 Å². The van der Waals surface area contributed by atoms with E-state index in [1.165, 1.54) is 0 Å². The third-order valence-corrected chi connectivity index (χ3v) is 4.59. The summed E-state index contributed by atoms with van der Waals surface area (Å²) in [6, 6.07) is 20.5. The fraction of sp³-hybridized carbons (Fsp3) is 0.136. The molecule has 0 radical (unpaired) electrons. The van der Waals surface area contributed by atoms with Crippen LogP contribution in [0, 0.1) is 6.92 Å². The van der Waals surface area contributed by atoms with Gasteiger partial charge in [-0.2, -0.15) is 13.2 Å². The Hall–Kier alpha value is -3.12. The highest BCUT2D eigenvalue weighted by molar-refractivity contribution is 6.00. The molecule has 0 fully saturated rings. The fourth-order valence-electron chi connectivity index (χ4n) is 3.14. The molecule has 0 aliphatic carbocycles. The van der Waals surface area contributed by atoms with Crippen molar-refractivity contribution in [2.45, 2.75) is 19.3 Å². The number of halogens is 3. The van der Waals surface area contributed by atoms with Crippen LogP contribution in [0.1, 0.15) is 28.5 Å². The SMILES string of the molecule is Cc1ccccc1C1=NC(c2cc(-c3ccccc3)cc(C(F)(F)F)c2)ON1. The van der Waals surface area contributed by atoms with Gasteiger partial charge in [-0.1, -0.05) is 54.6 Å². The number of nitrogens with zero attached hydrogens (tertiary/aromatic N) is 1. The number of hydrogen-bond donors (Lipinski definition) is 1. The number of nitrogens with one attached hydrogen (secondary N) is 1. The predicted octanol–water partition coefficient (Wildman–Crippen LogP) is 5.66. The smallest absolute Gasteiger partial charge is 0.246 e. The molecule has 0 spiro atoms. The molecule has 1 N–H and O–H groups in total. The Bertz CT molecular complexity index is 1030. The van der Waals surface area contributed by atoms with Gasteiger partial charge in [-0.3, -0.25) is 0 Å². The summed E-state index contributed by atoms with van der Waals surface area (Å²) in [6.45, 7) is 1.94. The van der Waals surface area contributed by atoms with E-state index in [2.05, 4.69) is 10.5 Å². The zero-order valence-corrected chi connectivity index (χ0v) is 15.0. The van der Waals surface area contributed by atoms with E-state index < -0.39 is 18.0 Å². The van der Waals surface area contributed by atoms with E-state index in [9.17, 15) is 13.2 Å². The Morgan fingerprint density at radius 2 is 1.61 bits per heavy atom. The van der Waals surface area contributed by atoms with Gasteiger partial charge in [-0.15, -0.1) is 0 Å². The Kier molecular flexibility index (Phi) is 4.65. The van der Waals surface area contributed by atoms with Crippen molar-refractivity contribution in [1.82, 2.24) is 5.48 Å². The first-order valence-corrected chi connectivity index (χ1v) is 8.75. The largest absolute Gasteiger partial charge is 0.416 e. The lowest BCUT2D eigenvalue weighted by atomic mass is 9.99. The molecule has 3 aromatic rings. The number of amidine groups is 1. The first-order valence-electron chi connectivity index (χ1n) is 8.75. The van der Waals surface area contributed by atoms with Gasteiger partial charge in [0.2, 0.25) is 6.23 Å². The van der Waals surface area contributed by atoms with Gasteiger partial charge in [-0.05, 0) is 41.8 Å². The minimum absolute atomic E-state index is 0.338. The molecule has 1 atom stereocenters. The van der Waals surface area contributed by atoms with E-state index in [0.29, 0.717) is 22.5 Å². The number of benzene rings is 3. The molecule has 28 heavy (non-hydrogen) atoms. The summed E-state index contributed by atoms with van der Waals surface area (Å²) in [6.07, 6.45) is -5.33. The zero-order chi connectivity index (χ0) is 19.7. The lowest BCUT2D eigenvalue weighted by Crippen LogP contribution is -2.19. The molecule has 0 saturated heterocycles. The molecule has 1 aliphatic heterocycles. The van der Waals surface area contributed by atoms with Crippen LogP contribution in [0.3, 0.4) is 0 Å². The monoisotopic (exact) mass is 382 g/mol. The number of hydroxylamine groups is 1. The van der Waals surface area contributed by atoms with E-state index in [4.69, 9.17) is 4.84 Å². The molecule has 142 valence electrons. The van der Waals surface area contributed by atoms with Gasteiger partial charge in [0.05, 0.1) is 5.56 Å². The number of aliphatic imine (C=N–C) groups is 1. The van der Waals surface area contributed by atoms with Gasteiger partial charge in [0.1, 0.15) is 0 Å². The Labute approximate surface area is 160 Å². The molecule has 0 bridgehead atoms. The quantitative estimate of drug-likeness (QED) is 0.634. The molecular formula is C22H17F3N2O. The van der Waals surface area contributed by atoms with Crippen molar-refractivity contribution < 1.29 is 18.0 Å². The van der Waals surface area contributed by atoms with Crippen molar-refractivity contribution >= 4 is 5.84 Å². The molecule has 3 nitrogen and oxygen atoms in total. The summed E-state index contributed by atoms with van der Waals surface area (Å²) in [5, 5.41) is 0. The van der Waals surface area contributed by atoms with Crippen molar-refractivity contribution in [3.63, 3.8) is 0 Å². The van der Waals surface area contributed by atoms with Crippen molar-refractivity contribution in [2.75, 3.05) is 0 Å². The average molecular weight is 382 g/mol. The van der Waals surface area contributed by atoms with Crippen molar-refractivity contribution in [3.05, 3.63) is 95.1 Å². The standard InChI is InChI=1S/C22H17F3N2O/c1-14-7-5-6-10-19(14)20-26-21(28-27-20)17-11-16(15-8-3-2-4-9-15)12-18(13-17)22(23,24)25/h2-13,21H,1H3,(H,26,27). The lowest BCUT2D eigenvalue weighted by molar-refractivity contribution is -0.137. The normalized spacial score (nSPS) is 16.6. The van der Waals surface area contributed by atoms with Gasteiger partial charge < -0.3 is 0 Å². The second-order valence-corrected chi connectivity index (χ2v) is 6.57. The van der Waals surface area contributed by atoms with Gasteiger partial charge in [0.15, 0.2) is 5.84 Å². The average Bonchev–Trinajstić information content (AvgIpc) is 3.18. The second-order valence-electron chi connectivity index (χ2n) is 6.57. The first kappa shape index (κ1) is 18.3. The van der Waals surface area contributed by atoms with Gasteiger partial charge >= 0.3 is 6.18 Å². The highest BCUT2D eigenvalue weighted by Gasteiger charge is 2.33. The molecule has 0 aromatic heterocycles. The van der Waals surface area contributed by atoms with Crippen LogP contribution in [-0.2, 0) is 11.0 Å². The third kappa shape index (κ3) is 3.64. The summed E-state index contributed by atoms with van der Waals surface area (Å²) in [7, 11) is 0. The van der Waals surface area contributed by atoms with Crippen LogP contribution in [0.4, 0.5) is 13.2 Å². The minimum atomic E-state index is -4.46. The third-order valence-electron chi connectivity index (χ3n) is 4.59. The Morgan fingerprint density at radius 3 is 2.32 bits per heavy atom. The van der Waals surface area contributed by atoms with Gasteiger partial charge in [0.25, 0.3) is 0 Å². The minimum Gasteiger partial charge on any atom is -0.246 e. The van der Waals surface area contributed by atoms with Crippen molar-refractivity contribution in [3.8, 4) is 11.1 Å². The van der Waals surface area contributed by atoms with E-state index in [1.807, 2.05) is 37.3 Å². The van der Waals surface area contributed by atoms with Crippen molar-refractivity contribution in [1.29, 1.82) is 0 Å². The summed E-state index contributed by atoms with van der Waals surface area (Å²) in [5.74, 6) is 0.502. The maximum Gasteiger partial charge on any atom is 0.416 e. The van der Waals surface area contributed by atoms with Crippen LogP contribution < -0.4 is 5.48 Å². The van der Waals surface area contributed by atoms with Gasteiger partial charge in [0, 0.05) is 11.1 Å². The van der Waals surface area contributed by atoms with Crippen molar-refractivity contribution in [2.24, 2.45) is 4.99 Å². The van der Waals surface area contributed by atoms with Crippen LogP contribution in [0.25, 0.3) is 11.1 Å². The summed E-state index contributed by atoms with van der Waals surface area (Å²) < 4.78 is 40.4. The number of alkyl halides is 3. The summed E-state index contributed by atoms with van der Waals surface area (Å²) >= 11 is 0. The molecule has 6 heteroatoms. The predicted molar refractivity (Wildman–Crippen MR) is 102 cm³/mol. The topological polar surface area (TPSA) is 33.6 Å². The molecule has 3 aromatic carbocycles. The number of rotatable bonds is 3. The molecular weight excluding hydrogens is 365 g/mol. The summed E-state index contributed by atoms with van der Waals surface area (Å²) in [5.41, 5.74) is 5.36. The lowest BCUT2D eigenvalue weighted by Gasteiger charge is -2.14. The maximum atomic E-state index is 13.5. The highest BCUT2D eigenvalue weighted by Crippen LogP contribution is 2.36. The second kappa shape index (κ2) is 7.13. The van der Waals surface area contributed by atoms with Crippen LogP contribution in [0.2, 0.25) is 0 Å². The fourth-order valence-corrected chi connectivity index (χ4v) is 3.14. The highest BCUT2D eigenvalue weighted by atomic mass is 19.4. The Morgan fingerprint density at radius 1 is 0.893 bits per heavy atom. The molecule has 4 rings (SSSR count). The maximum absolute atomic E-state index is 13.5. The number of aryl methyl sites for hydroxylation is 1. The van der Waals surface area contributed by atoms with Crippen LogP contribution in [0.15, 0.2) is 77.8 Å². The molecule has 1 unspecified atom stereocenters. The molecule has 0 amide bonds. The molecule has 1 heterocycles.